The molecule has 8 heteroatoms. The Balaban J connectivity index is 2.03. The number of fused-ring (bicyclic) bond motifs is 1. The summed E-state index contributed by atoms with van der Waals surface area (Å²) in [5, 5.41) is 29.1. The van der Waals surface area contributed by atoms with Gasteiger partial charge >= 0.3 is 0 Å². The highest BCUT2D eigenvalue weighted by molar-refractivity contribution is 9.10. The summed E-state index contributed by atoms with van der Waals surface area (Å²) in [6, 6.07) is 9.89. The zero-order valence-corrected chi connectivity index (χ0v) is 17.8. The van der Waals surface area contributed by atoms with Gasteiger partial charge in [0.25, 0.3) is 5.91 Å². The van der Waals surface area contributed by atoms with Crippen LogP contribution in [0.3, 0.4) is 0 Å². The number of amides is 1. The molecule has 0 aliphatic heterocycles. The summed E-state index contributed by atoms with van der Waals surface area (Å²) in [6.07, 6.45) is 3.00. The Morgan fingerprint density at radius 2 is 1.97 bits per heavy atom. The third-order valence-electron chi connectivity index (χ3n) is 4.63. The summed E-state index contributed by atoms with van der Waals surface area (Å²) in [7, 11) is 1.56. The summed E-state index contributed by atoms with van der Waals surface area (Å²) in [4.78, 5) is 12.4. The number of aromatic nitrogens is 1. The van der Waals surface area contributed by atoms with Crippen molar-refractivity contribution < 1.29 is 19.7 Å². The van der Waals surface area contributed by atoms with E-state index in [1.54, 1.807) is 23.8 Å². The summed E-state index contributed by atoms with van der Waals surface area (Å²) < 4.78 is 7.68. The van der Waals surface area contributed by atoms with Crippen LogP contribution in [0.15, 0.2) is 51.1 Å². The molecule has 0 bridgehead atoms. The van der Waals surface area contributed by atoms with Crippen molar-refractivity contribution in [3.8, 4) is 17.4 Å². The quantitative estimate of drug-likeness (QED) is 0.337. The topological polar surface area (TPSA) is 96.4 Å². The van der Waals surface area contributed by atoms with Crippen LogP contribution < -0.4 is 4.74 Å². The Kier molecular flexibility index (Phi) is 6.53. The van der Waals surface area contributed by atoms with Crippen molar-refractivity contribution in [2.45, 2.75) is 32.7 Å². The molecule has 0 spiro atoms. The van der Waals surface area contributed by atoms with E-state index in [1.807, 2.05) is 12.1 Å². The van der Waals surface area contributed by atoms with E-state index in [2.05, 4.69) is 33.1 Å². The molecular formula is C21H22BrN3O4. The van der Waals surface area contributed by atoms with Gasteiger partial charge in [-0.15, -0.1) is 10.2 Å². The Labute approximate surface area is 176 Å². The van der Waals surface area contributed by atoms with Crippen LogP contribution in [0.25, 0.3) is 10.9 Å². The minimum absolute atomic E-state index is 0.0203. The van der Waals surface area contributed by atoms with Crippen molar-refractivity contribution in [2.75, 3.05) is 7.11 Å². The molecule has 0 aliphatic rings. The minimum Gasteiger partial charge on any atom is -0.507 e. The van der Waals surface area contributed by atoms with Crippen molar-refractivity contribution in [1.29, 1.82) is 0 Å². The number of phenols is 1. The first kappa shape index (κ1) is 20.9. The highest BCUT2D eigenvalue weighted by Crippen LogP contribution is 2.41. The molecule has 2 aromatic carbocycles. The maximum absolute atomic E-state index is 12.4. The average molecular weight is 460 g/mol. The highest BCUT2D eigenvalue weighted by Gasteiger charge is 2.18. The second-order valence-corrected chi connectivity index (χ2v) is 7.50. The van der Waals surface area contributed by atoms with Gasteiger partial charge in [-0.25, -0.2) is 0 Å². The Morgan fingerprint density at radius 3 is 2.69 bits per heavy atom. The van der Waals surface area contributed by atoms with Crippen molar-refractivity contribution in [1.82, 2.24) is 4.57 Å². The van der Waals surface area contributed by atoms with Crippen LogP contribution in [0.4, 0.5) is 5.69 Å². The van der Waals surface area contributed by atoms with Crippen molar-refractivity contribution in [2.24, 2.45) is 10.2 Å². The molecule has 0 aliphatic carbocycles. The van der Waals surface area contributed by atoms with E-state index in [0.29, 0.717) is 22.2 Å². The van der Waals surface area contributed by atoms with Crippen molar-refractivity contribution in [3.05, 3.63) is 46.4 Å². The molecule has 3 rings (SSSR count). The monoisotopic (exact) mass is 459 g/mol. The van der Waals surface area contributed by atoms with Crippen molar-refractivity contribution >= 4 is 38.4 Å². The third-order valence-corrected chi connectivity index (χ3v) is 5.13. The molecule has 0 radical (unpaired) electrons. The Bertz CT molecular complexity index is 1080. The predicted octanol–water partition coefficient (Wildman–Crippen LogP) is 5.94. The van der Waals surface area contributed by atoms with E-state index in [1.165, 1.54) is 12.1 Å². The average Bonchev–Trinajstić information content (AvgIpc) is 2.98. The number of hydrogen-bond donors (Lipinski definition) is 2. The molecule has 3 aromatic rings. The number of unbranched alkanes of at least 4 members (excludes halogenated alkanes) is 2. The smallest absolute Gasteiger partial charge is 0.299 e. The van der Waals surface area contributed by atoms with Gasteiger partial charge in [-0.2, -0.15) is 0 Å². The third kappa shape index (κ3) is 4.42. The first-order chi connectivity index (χ1) is 14.0. The summed E-state index contributed by atoms with van der Waals surface area (Å²) in [5.74, 6) is -0.349. The number of phenolic OH excluding ortho intramolecular Hbond substituents is 1. The number of aromatic hydroxyl groups is 2. The molecule has 152 valence electrons. The number of nitrogens with zero attached hydrogens (tertiary/aromatic N) is 3. The van der Waals surface area contributed by atoms with Crippen LogP contribution in [0.5, 0.6) is 17.4 Å². The number of halogens is 1. The van der Waals surface area contributed by atoms with E-state index in [-0.39, 0.29) is 22.9 Å². The van der Waals surface area contributed by atoms with Gasteiger partial charge in [-0.3, -0.25) is 4.79 Å². The number of methoxy groups -OCH3 is 1. The van der Waals surface area contributed by atoms with Crippen LogP contribution in [0, 0.1) is 0 Å². The van der Waals surface area contributed by atoms with E-state index >= 15 is 0 Å². The van der Waals surface area contributed by atoms with Crippen LogP contribution in [0.2, 0.25) is 0 Å². The van der Waals surface area contributed by atoms with Gasteiger partial charge in [-0.1, -0.05) is 35.7 Å². The molecule has 29 heavy (non-hydrogen) atoms. The zero-order chi connectivity index (χ0) is 21.0. The number of azo groups is 1. The standard InChI is InChI=1S/C21H22BrN3O4/c1-3-4-5-10-25-17-8-7-14(29-2)12-15(17)19(21(25)28)23-24-20(27)16-11-13(22)6-9-18(16)26/h6-9,11-12,26,28H,3-5,10H2,1-2H3. The number of carbonyl (C=O) groups excluding carboxylic acids is 1. The van der Waals surface area contributed by atoms with Crippen LogP contribution >= 0.6 is 15.9 Å². The molecule has 0 unspecified atom stereocenters. The highest BCUT2D eigenvalue weighted by atomic mass is 79.9. The lowest BCUT2D eigenvalue weighted by Gasteiger charge is -2.06. The van der Waals surface area contributed by atoms with Crippen LogP contribution in [-0.2, 0) is 6.54 Å². The predicted molar refractivity (Wildman–Crippen MR) is 114 cm³/mol. The van der Waals surface area contributed by atoms with Gasteiger partial charge in [0, 0.05) is 16.4 Å². The molecule has 1 aromatic heterocycles. The number of carbonyl (C=O) groups is 1. The maximum Gasteiger partial charge on any atom is 0.299 e. The zero-order valence-electron chi connectivity index (χ0n) is 16.2. The normalized spacial score (nSPS) is 11.4. The van der Waals surface area contributed by atoms with Gasteiger partial charge in [0.1, 0.15) is 11.5 Å². The molecule has 2 N–H and O–H groups in total. The lowest BCUT2D eigenvalue weighted by molar-refractivity contribution is 0.0992. The molecule has 1 heterocycles. The van der Waals surface area contributed by atoms with E-state index < -0.39 is 5.91 Å². The van der Waals surface area contributed by atoms with Crippen LogP contribution in [-0.4, -0.2) is 27.8 Å². The second kappa shape index (κ2) is 9.09. The summed E-state index contributed by atoms with van der Waals surface area (Å²) >= 11 is 3.26. The van der Waals surface area contributed by atoms with E-state index in [4.69, 9.17) is 4.74 Å². The van der Waals surface area contributed by atoms with Gasteiger partial charge in [0.05, 0.1) is 18.2 Å². The molecule has 0 saturated carbocycles. The molecule has 0 fully saturated rings. The molecule has 0 saturated heterocycles. The number of benzene rings is 2. The van der Waals surface area contributed by atoms with Gasteiger partial charge in [0.2, 0.25) is 5.88 Å². The lowest BCUT2D eigenvalue weighted by atomic mass is 10.2. The summed E-state index contributed by atoms with van der Waals surface area (Å²) in [6.45, 7) is 2.74. The fraction of sp³-hybridized carbons (Fsp3) is 0.286. The molecule has 0 atom stereocenters. The minimum atomic E-state index is -0.710. The van der Waals surface area contributed by atoms with Crippen LogP contribution in [0.1, 0.15) is 36.5 Å². The fourth-order valence-corrected chi connectivity index (χ4v) is 3.46. The fourth-order valence-electron chi connectivity index (χ4n) is 3.10. The first-order valence-electron chi connectivity index (χ1n) is 9.30. The maximum atomic E-state index is 12.4. The first-order valence-corrected chi connectivity index (χ1v) is 10.1. The number of ether oxygens (including phenoxy) is 1. The number of hydrogen-bond acceptors (Lipinski definition) is 5. The lowest BCUT2D eigenvalue weighted by Crippen LogP contribution is -1.97. The Morgan fingerprint density at radius 1 is 1.17 bits per heavy atom. The molecule has 7 nitrogen and oxygen atoms in total. The summed E-state index contributed by atoms with van der Waals surface area (Å²) in [5.41, 5.74) is 0.996. The van der Waals surface area contributed by atoms with Gasteiger partial charge in [0.15, 0.2) is 5.69 Å². The van der Waals surface area contributed by atoms with Gasteiger partial charge < -0.3 is 19.5 Å². The second-order valence-electron chi connectivity index (χ2n) is 6.58. The SMILES string of the molecule is CCCCCn1c(O)c(N=NC(=O)c2cc(Br)ccc2O)c2cc(OC)ccc21. The molecular weight excluding hydrogens is 438 g/mol. The molecule has 1 amide bonds. The van der Waals surface area contributed by atoms with E-state index in [0.717, 1.165) is 24.8 Å². The van der Waals surface area contributed by atoms with Gasteiger partial charge in [-0.05, 0) is 42.8 Å². The van der Waals surface area contributed by atoms with Crippen molar-refractivity contribution in [3.63, 3.8) is 0 Å². The number of aryl methyl sites for hydroxylation is 1. The van der Waals surface area contributed by atoms with E-state index in [9.17, 15) is 15.0 Å². The number of rotatable bonds is 7. The Hall–Kier alpha value is -2.87. The largest absolute Gasteiger partial charge is 0.507 e.